The number of aryl methyl sites for hydroxylation is 1. The number of imide groups is 4. The first-order valence-electron chi connectivity index (χ1n) is 26.9. The maximum Gasteiger partial charge on any atom is 0.295 e. The molecule has 0 spiro atoms. The molecule has 10 aromatic rings. The van der Waals surface area contributed by atoms with Crippen molar-refractivity contribution in [3.63, 3.8) is 0 Å². The van der Waals surface area contributed by atoms with Crippen LogP contribution in [0.25, 0.3) is 43.8 Å². The van der Waals surface area contributed by atoms with E-state index in [0.29, 0.717) is 22.6 Å². The lowest BCUT2D eigenvalue weighted by atomic mass is 9.67. The Labute approximate surface area is 496 Å². The SMILES string of the molecule is Cc1ccc(C2(c3ccc(N4C(=O)c5ccc6c7c(ccc(c57)C4=O)C(=O)N(c4ccc(-c5ccc(N7C(=O)c8ccc9c%10c(ccc(c8%10)C7=O)C(=O)N(C)C9=O)cc5S(=O)(=O)O)c(SOOO)c4)C6=O)cc3)c3ccccc3-c3ccccc32)cc1. The van der Waals surface area contributed by atoms with Gasteiger partial charge in [-0.25, -0.2) is 20.0 Å². The first-order chi connectivity index (χ1) is 41.9. The minimum atomic E-state index is -5.24. The number of rotatable bonds is 10. The van der Waals surface area contributed by atoms with Crippen molar-refractivity contribution in [2.24, 2.45) is 0 Å². The van der Waals surface area contributed by atoms with Gasteiger partial charge in [0, 0.05) is 83.6 Å². The van der Waals surface area contributed by atoms with Crippen molar-refractivity contribution in [2.45, 2.75) is 22.1 Å². The summed E-state index contributed by atoms with van der Waals surface area (Å²) < 4.78 is 42.3. The minimum Gasteiger partial charge on any atom is -0.282 e. The number of benzene rings is 10. The molecule has 422 valence electrons. The quantitative estimate of drug-likeness (QED) is 0.0425. The normalized spacial score (nSPS) is 15.5. The fraction of sp³-hybridized carbons (Fsp3) is 0.0448. The Kier molecular flexibility index (Phi) is 11.6. The summed E-state index contributed by atoms with van der Waals surface area (Å²) in [4.78, 5) is 117. The van der Waals surface area contributed by atoms with Crippen LogP contribution in [0.4, 0.5) is 17.1 Å². The van der Waals surface area contributed by atoms with E-state index in [2.05, 4.69) is 53.6 Å². The summed E-state index contributed by atoms with van der Waals surface area (Å²) in [6, 6.07) is 50.5. The second-order valence-electron chi connectivity index (χ2n) is 21.5. The topological polar surface area (TPSA) is 243 Å². The van der Waals surface area contributed by atoms with Crippen LogP contribution in [0, 0.1) is 6.92 Å². The van der Waals surface area contributed by atoms with E-state index in [0.717, 1.165) is 59.7 Å². The predicted molar refractivity (Wildman–Crippen MR) is 319 cm³/mol. The third kappa shape index (κ3) is 7.34. The Balaban J connectivity index is 0.759. The summed E-state index contributed by atoms with van der Waals surface area (Å²) >= 11 is 0.320. The van der Waals surface area contributed by atoms with Gasteiger partial charge in [0.15, 0.2) is 0 Å². The fourth-order valence-corrected chi connectivity index (χ4v) is 14.6. The monoisotopic (exact) mass is 1190 g/mol. The van der Waals surface area contributed by atoms with Gasteiger partial charge in [0.2, 0.25) is 0 Å². The van der Waals surface area contributed by atoms with E-state index < -0.39 is 67.7 Å². The van der Waals surface area contributed by atoms with Crippen LogP contribution in [-0.4, -0.2) is 77.4 Å². The molecule has 0 aromatic heterocycles. The average Bonchev–Trinajstić information content (AvgIpc) is 1.70. The number of hydrogen-bond acceptors (Lipinski definition) is 14. The molecule has 0 atom stereocenters. The molecule has 1 aliphatic carbocycles. The molecule has 18 nitrogen and oxygen atoms in total. The molecular weight excluding hydrogens is 1150 g/mol. The van der Waals surface area contributed by atoms with Gasteiger partial charge in [0.25, 0.3) is 57.4 Å². The first-order valence-corrected chi connectivity index (χ1v) is 29.1. The van der Waals surface area contributed by atoms with Gasteiger partial charge in [-0.15, -0.1) is 4.33 Å². The van der Waals surface area contributed by atoms with Crippen LogP contribution >= 0.6 is 12.0 Å². The number of hydrogen-bond donors (Lipinski definition) is 2. The highest BCUT2D eigenvalue weighted by atomic mass is 32.2. The third-order valence-corrected chi connectivity index (χ3v) is 18.7. The summed E-state index contributed by atoms with van der Waals surface area (Å²) in [7, 11) is -3.93. The fourth-order valence-electron chi connectivity index (χ4n) is 13.3. The lowest BCUT2D eigenvalue weighted by Gasteiger charge is -2.35. The van der Waals surface area contributed by atoms with E-state index in [9.17, 15) is 56.6 Å². The maximum atomic E-state index is 14.8. The van der Waals surface area contributed by atoms with Crippen molar-refractivity contribution in [2.75, 3.05) is 21.7 Å². The van der Waals surface area contributed by atoms with E-state index in [-0.39, 0.29) is 93.4 Å². The lowest BCUT2D eigenvalue weighted by molar-refractivity contribution is -0.432. The molecule has 20 heteroatoms. The molecule has 8 amide bonds. The van der Waals surface area contributed by atoms with Gasteiger partial charge in [-0.1, -0.05) is 108 Å². The van der Waals surface area contributed by atoms with Gasteiger partial charge in [0.05, 0.1) is 34.5 Å². The second-order valence-corrected chi connectivity index (χ2v) is 23.6. The molecule has 2 N–H and O–H groups in total. The highest BCUT2D eigenvalue weighted by molar-refractivity contribution is 7.94. The van der Waals surface area contributed by atoms with E-state index in [1.165, 1.54) is 85.9 Å². The number of carbonyl (C=O) groups is 8. The van der Waals surface area contributed by atoms with Crippen molar-refractivity contribution in [1.29, 1.82) is 0 Å². The number of carbonyl (C=O) groups excluding carboxylic acids is 8. The van der Waals surface area contributed by atoms with Crippen molar-refractivity contribution in [1.82, 2.24) is 4.90 Å². The summed E-state index contributed by atoms with van der Waals surface area (Å²) in [6.07, 6.45) is 0. The number of amides is 8. The molecule has 87 heavy (non-hydrogen) atoms. The number of anilines is 3. The highest BCUT2D eigenvalue weighted by Crippen LogP contribution is 2.56. The smallest absolute Gasteiger partial charge is 0.282 e. The van der Waals surface area contributed by atoms with Gasteiger partial charge in [-0.05, 0) is 131 Å². The van der Waals surface area contributed by atoms with Gasteiger partial charge in [-0.2, -0.15) is 8.42 Å². The van der Waals surface area contributed by atoms with Crippen LogP contribution in [0.2, 0.25) is 0 Å². The van der Waals surface area contributed by atoms with Crippen molar-refractivity contribution in [3.8, 4) is 22.3 Å². The lowest BCUT2D eigenvalue weighted by Crippen LogP contribution is -2.43. The van der Waals surface area contributed by atoms with E-state index in [1.54, 1.807) is 12.1 Å². The van der Waals surface area contributed by atoms with Gasteiger partial charge >= 0.3 is 0 Å². The van der Waals surface area contributed by atoms with Gasteiger partial charge in [-0.3, -0.25) is 47.8 Å². The average molecular weight is 1190 g/mol. The standard InChI is InChI=1S/C67H38N4O14S2/c1-33-11-13-34(14-12-33)67(51-9-5-3-7-39(51)40-8-4-6-10-52(40)67)35-15-17-36(18-16-35)69-61(74)45-27-29-49-58-50(30-28-46(57(45)58)62(69)75)64(77)70(63(49)76)37-19-21-41(53(31-37)86-85-84-80)42-22-20-38(32-54(42)87(81,82)83)71-65(78)47-25-23-43-55-44(60(73)68(2)59(43)72)24-26-48(56(47)55)66(71)79/h3-32,80H,1-2H3,(H,81,82,83). The number of fused-ring (bicyclic) bond motifs is 3. The van der Waals surface area contributed by atoms with Crippen molar-refractivity contribution in [3.05, 3.63) is 254 Å². The molecule has 4 aliphatic heterocycles. The molecule has 5 aliphatic rings. The Hall–Kier alpha value is -10.6. The molecule has 0 unspecified atom stereocenters. The summed E-state index contributed by atoms with van der Waals surface area (Å²) in [6.45, 7) is 2.03. The van der Waals surface area contributed by atoms with Crippen LogP contribution in [0.15, 0.2) is 192 Å². The number of nitrogens with zero attached hydrogens (tertiary/aromatic N) is 4. The Morgan fingerprint density at radius 3 is 1.16 bits per heavy atom. The third-order valence-electron chi connectivity index (χ3n) is 17.2. The van der Waals surface area contributed by atoms with Gasteiger partial charge < -0.3 is 0 Å². The second kappa shape index (κ2) is 19.0. The largest absolute Gasteiger partial charge is 0.295 e. The van der Waals surface area contributed by atoms with E-state index in [4.69, 9.17) is 4.33 Å². The molecule has 0 fully saturated rings. The predicted octanol–water partition coefficient (Wildman–Crippen LogP) is 11.6. The van der Waals surface area contributed by atoms with E-state index in [1.807, 2.05) is 43.3 Å². The van der Waals surface area contributed by atoms with Crippen LogP contribution < -0.4 is 14.7 Å². The Morgan fingerprint density at radius 2 is 0.747 bits per heavy atom. The van der Waals surface area contributed by atoms with Crippen molar-refractivity contribution < 1.29 is 66.0 Å². The first kappa shape index (κ1) is 53.2. The summed E-state index contributed by atoms with van der Waals surface area (Å²) in [5.74, 6) is -6.20. The van der Waals surface area contributed by atoms with Crippen molar-refractivity contribution >= 4 is 108 Å². The molecule has 0 radical (unpaired) electrons. The zero-order valence-electron chi connectivity index (χ0n) is 45.2. The van der Waals surface area contributed by atoms with E-state index >= 15 is 0 Å². The van der Waals surface area contributed by atoms with Crippen LogP contribution in [0.1, 0.15) is 111 Å². The summed E-state index contributed by atoms with van der Waals surface area (Å²) in [5.41, 5.74) is 6.44. The van der Waals surface area contributed by atoms with Crippen LogP contribution in [0.5, 0.6) is 0 Å². The summed E-state index contributed by atoms with van der Waals surface area (Å²) in [5, 5.41) is 13.6. The molecule has 4 heterocycles. The van der Waals surface area contributed by atoms with Crippen LogP contribution in [0.3, 0.4) is 0 Å². The van der Waals surface area contributed by atoms with Crippen LogP contribution in [-0.2, 0) is 24.9 Å². The highest BCUT2D eigenvalue weighted by Gasteiger charge is 2.47. The molecule has 15 rings (SSSR count). The van der Waals surface area contributed by atoms with Gasteiger partial charge in [0.1, 0.15) is 4.90 Å². The molecule has 0 bridgehead atoms. The molecule has 10 aromatic carbocycles. The minimum absolute atomic E-state index is 0.0287. The molecular formula is C67H38N4O14S2. The Bertz CT molecular complexity index is 4880. The molecule has 0 saturated heterocycles. The Morgan fingerprint density at radius 1 is 0.402 bits per heavy atom. The zero-order chi connectivity index (χ0) is 60.3. The maximum absolute atomic E-state index is 14.8. The zero-order valence-corrected chi connectivity index (χ0v) is 46.9. The molecule has 0 saturated carbocycles.